The number of nitrogens with zero attached hydrogens (tertiary/aromatic N) is 1. The quantitative estimate of drug-likeness (QED) is 0.444. The molecule has 0 aliphatic heterocycles. The third kappa shape index (κ3) is 5.75. The molecule has 0 heterocycles. The maximum absolute atomic E-state index is 13.1. The molecular formula is C24H24F3NO3. The van der Waals surface area contributed by atoms with Crippen molar-refractivity contribution in [3.8, 4) is 0 Å². The second-order valence-electron chi connectivity index (χ2n) is 7.34. The number of benzene rings is 2. The van der Waals surface area contributed by atoms with Crippen molar-refractivity contribution in [2.45, 2.75) is 32.4 Å². The van der Waals surface area contributed by atoms with Gasteiger partial charge in [-0.2, -0.15) is 13.2 Å². The van der Waals surface area contributed by atoms with Gasteiger partial charge in [-0.3, -0.25) is 4.79 Å². The zero-order valence-electron chi connectivity index (χ0n) is 17.2. The van der Waals surface area contributed by atoms with Gasteiger partial charge in [-0.05, 0) is 55.0 Å². The van der Waals surface area contributed by atoms with Gasteiger partial charge in [0, 0.05) is 12.7 Å². The number of alkyl halides is 3. The summed E-state index contributed by atoms with van der Waals surface area (Å²) in [4.78, 5) is 25.8. The van der Waals surface area contributed by atoms with E-state index in [1.54, 1.807) is 31.2 Å². The van der Waals surface area contributed by atoms with Crippen molar-refractivity contribution < 1.29 is 27.5 Å². The van der Waals surface area contributed by atoms with Crippen molar-refractivity contribution in [2.75, 3.05) is 19.7 Å². The molecule has 164 valence electrons. The minimum atomic E-state index is -4.98. The Balaban J connectivity index is 1.68. The molecule has 2 aromatic carbocycles. The topological polar surface area (TPSA) is 46.6 Å². The summed E-state index contributed by atoms with van der Waals surface area (Å²) in [7, 11) is 0. The zero-order valence-corrected chi connectivity index (χ0v) is 17.2. The molecule has 0 saturated heterocycles. The van der Waals surface area contributed by atoms with Crippen LogP contribution in [0.3, 0.4) is 0 Å². The van der Waals surface area contributed by atoms with E-state index >= 15 is 0 Å². The first-order valence-electron chi connectivity index (χ1n) is 10.2. The van der Waals surface area contributed by atoms with Crippen molar-refractivity contribution in [1.82, 2.24) is 4.90 Å². The van der Waals surface area contributed by atoms with Gasteiger partial charge in [0.15, 0.2) is 0 Å². The van der Waals surface area contributed by atoms with E-state index < -0.39 is 23.5 Å². The van der Waals surface area contributed by atoms with Crippen LogP contribution >= 0.6 is 0 Å². The number of allylic oxidation sites excluding steroid dienone is 1. The second-order valence-corrected chi connectivity index (χ2v) is 7.34. The number of fused-ring (bicyclic) bond motifs is 1. The molecule has 0 fully saturated rings. The van der Waals surface area contributed by atoms with Crippen molar-refractivity contribution >= 4 is 17.3 Å². The van der Waals surface area contributed by atoms with Gasteiger partial charge in [-0.15, -0.1) is 0 Å². The fraction of sp³-hybridized carbons (Fsp3) is 0.333. The van der Waals surface area contributed by atoms with Gasteiger partial charge in [0.1, 0.15) is 6.61 Å². The predicted octanol–water partition coefficient (Wildman–Crippen LogP) is 4.83. The first kappa shape index (κ1) is 22.6. The van der Waals surface area contributed by atoms with E-state index in [4.69, 9.17) is 4.74 Å². The van der Waals surface area contributed by atoms with Gasteiger partial charge in [-0.25, -0.2) is 4.79 Å². The Hall–Kier alpha value is -3.09. The monoisotopic (exact) mass is 431 g/mol. The molecule has 31 heavy (non-hydrogen) atoms. The number of ether oxygens (including phenoxy) is 1. The highest BCUT2D eigenvalue weighted by atomic mass is 19.4. The van der Waals surface area contributed by atoms with E-state index in [1.165, 1.54) is 28.8 Å². The summed E-state index contributed by atoms with van der Waals surface area (Å²) < 4.78 is 44.6. The summed E-state index contributed by atoms with van der Waals surface area (Å²) in [5.74, 6) is -2.38. The molecule has 0 N–H and O–H groups in total. The number of esters is 1. The van der Waals surface area contributed by atoms with E-state index in [2.05, 4.69) is 0 Å². The molecule has 1 aliphatic carbocycles. The van der Waals surface area contributed by atoms with Gasteiger partial charge in [0.25, 0.3) is 5.78 Å². The fourth-order valence-electron chi connectivity index (χ4n) is 3.57. The third-order valence-electron chi connectivity index (χ3n) is 5.25. The maximum Gasteiger partial charge on any atom is 0.454 e. The highest BCUT2D eigenvalue weighted by molar-refractivity contribution is 6.23. The lowest BCUT2D eigenvalue weighted by Gasteiger charge is -2.21. The molecule has 0 saturated carbocycles. The predicted molar refractivity (Wildman–Crippen MR) is 111 cm³/mol. The molecule has 0 radical (unpaired) electrons. The van der Waals surface area contributed by atoms with Crippen LogP contribution in [0.25, 0.3) is 5.57 Å². The van der Waals surface area contributed by atoms with Crippen molar-refractivity contribution in [3.63, 3.8) is 0 Å². The number of carbonyl (C=O) groups is 2. The summed E-state index contributed by atoms with van der Waals surface area (Å²) >= 11 is 0. The second kappa shape index (κ2) is 9.81. The number of aryl methyl sites for hydroxylation is 2. The zero-order chi connectivity index (χ0) is 22.4. The summed E-state index contributed by atoms with van der Waals surface area (Å²) in [6, 6.07) is 13.2. The van der Waals surface area contributed by atoms with E-state index in [1.807, 2.05) is 12.1 Å². The summed E-state index contributed by atoms with van der Waals surface area (Å²) in [5, 5.41) is 0. The van der Waals surface area contributed by atoms with Crippen LogP contribution in [0.4, 0.5) is 13.2 Å². The number of rotatable bonds is 8. The van der Waals surface area contributed by atoms with Crippen molar-refractivity contribution in [1.29, 1.82) is 0 Å². The average molecular weight is 431 g/mol. The molecule has 2 aromatic rings. The number of halogens is 3. The van der Waals surface area contributed by atoms with Gasteiger partial charge < -0.3 is 9.64 Å². The molecule has 0 atom stereocenters. The maximum atomic E-state index is 13.1. The van der Waals surface area contributed by atoms with Crippen LogP contribution in [-0.2, 0) is 22.4 Å². The van der Waals surface area contributed by atoms with Crippen LogP contribution < -0.4 is 0 Å². The number of hydrogen-bond acceptors (Lipinski definition) is 4. The minimum Gasteiger partial charge on any atom is -0.460 e. The van der Waals surface area contributed by atoms with Crippen LogP contribution in [-0.4, -0.2) is 42.5 Å². The van der Waals surface area contributed by atoms with Crippen molar-refractivity contribution in [2.24, 2.45) is 0 Å². The van der Waals surface area contributed by atoms with Gasteiger partial charge in [-0.1, -0.05) is 36.4 Å². The Morgan fingerprint density at radius 3 is 2.42 bits per heavy atom. The largest absolute Gasteiger partial charge is 0.460 e. The summed E-state index contributed by atoms with van der Waals surface area (Å²) in [6.07, 6.45) is -0.759. The molecule has 0 unspecified atom stereocenters. The molecule has 4 nitrogen and oxygen atoms in total. The molecule has 3 rings (SSSR count). The lowest BCUT2D eigenvalue weighted by molar-refractivity contribution is -0.164. The number of ketones is 1. The molecule has 0 aromatic heterocycles. The lowest BCUT2D eigenvalue weighted by atomic mass is 10.0. The highest BCUT2D eigenvalue weighted by Crippen LogP contribution is 2.27. The Bertz CT molecular complexity index is 968. The fourth-order valence-corrected chi connectivity index (χ4v) is 3.57. The first-order valence-corrected chi connectivity index (χ1v) is 10.2. The molecule has 7 heteroatoms. The molecule has 0 spiro atoms. The van der Waals surface area contributed by atoms with E-state index in [9.17, 15) is 22.8 Å². The van der Waals surface area contributed by atoms with Gasteiger partial charge >= 0.3 is 12.1 Å². The number of hydrogen-bond donors (Lipinski definition) is 0. The first-order chi connectivity index (χ1) is 14.8. The van der Waals surface area contributed by atoms with Crippen LogP contribution in [0.2, 0.25) is 0 Å². The summed E-state index contributed by atoms with van der Waals surface area (Å²) in [6.45, 7) is 2.24. The SMILES string of the molecule is CCN(/C=C(\C(=O)C(F)(F)F)c1ccccc1)CCOC(=O)c1ccc2c(c1)CCC2. The minimum absolute atomic E-state index is 0.0114. The Morgan fingerprint density at radius 1 is 1.03 bits per heavy atom. The number of carbonyl (C=O) groups excluding carboxylic acids is 2. The van der Waals surface area contributed by atoms with Crippen LogP contribution in [0.1, 0.15) is 40.4 Å². The standard InChI is InChI=1S/C24H24F3NO3/c1-2-28(16-21(22(29)24(25,26)27)18-7-4-3-5-8-18)13-14-31-23(30)20-12-11-17-9-6-10-19(17)15-20/h3-5,7-8,11-12,15-16H,2,6,9-10,13-14H2,1H3/b21-16-. The molecule has 0 bridgehead atoms. The smallest absolute Gasteiger partial charge is 0.454 e. The Kier molecular flexibility index (Phi) is 7.15. The third-order valence-corrected chi connectivity index (χ3v) is 5.25. The van der Waals surface area contributed by atoms with E-state index in [0.717, 1.165) is 24.8 Å². The van der Waals surface area contributed by atoms with Gasteiger partial charge in [0.05, 0.1) is 17.7 Å². The number of Topliss-reactive ketones (excluding diaryl/α,β-unsaturated/α-hetero) is 1. The van der Waals surface area contributed by atoms with E-state index in [0.29, 0.717) is 12.1 Å². The lowest BCUT2D eigenvalue weighted by Crippen LogP contribution is -2.28. The molecular weight excluding hydrogens is 407 g/mol. The highest BCUT2D eigenvalue weighted by Gasteiger charge is 2.41. The van der Waals surface area contributed by atoms with E-state index in [-0.39, 0.29) is 18.7 Å². The van der Waals surface area contributed by atoms with Crippen LogP contribution in [0.5, 0.6) is 0 Å². The van der Waals surface area contributed by atoms with Gasteiger partial charge in [0.2, 0.25) is 0 Å². The summed E-state index contributed by atoms with van der Waals surface area (Å²) in [5.41, 5.74) is 2.61. The Morgan fingerprint density at radius 2 is 1.74 bits per heavy atom. The average Bonchev–Trinajstić information content (AvgIpc) is 3.23. The van der Waals surface area contributed by atoms with Crippen LogP contribution in [0.15, 0.2) is 54.7 Å². The normalized spacial score (nSPS) is 13.6. The molecule has 1 aliphatic rings. The molecule has 0 amide bonds. The number of likely N-dealkylation sites (N-methyl/N-ethyl adjacent to an activating group) is 1. The van der Waals surface area contributed by atoms with Crippen molar-refractivity contribution in [3.05, 3.63) is 77.0 Å². The Labute approximate surface area is 179 Å². The van der Waals surface area contributed by atoms with Crippen LogP contribution in [0, 0.1) is 0 Å².